The minimum Gasteiger partial charge on any atom is -0.345 e. The number of hydrogen-bond donors (Lipinski definition) is 0. The van der Waals surface area contributed by atoms with Crippen molar-refractivity contribution in [2.24, 2.45) is 5.92 Å². The first-order chi connectivity index (χ1) is 13.4. The van der Waals surface area contributed by atoms with Crippen molar-refractivity contribution in [3.05, 3.63) is 119 Å². The molecule has 3 atom stereocenters. The Morgan fingerprint density at radius 3 is 2.07 bits per heavy atom. The average Bonchev–Trinajstić information content (AvgIpc) is 3.25. The number of ether oxygens (including phenoxy) is 1. The molecule has 3 aromatic rings. The third kappa shape index (κ3) is 1.78. The van der Waals surface area contributed by atoms with Crippen molar-refractivity contribution in [1.29, 1.82) is 0 Å². The van der Waals surface area contributed by atoms with E-state index in [1.165, 1.54) is 40.7 Å². The first-order valence-electron chi connectivity index (χ1n) is 9.99. The van der Waals surface area contributed by atoms with E-state index in [4.69, 9.17) is 4.74 Å². The number of hydrogen-bond acceptors (Lipinski definition) is 1. The second kappa shape index (κ2) is 5.43. The summed E-state index contributed by atoms with van der Waals surface area (Å²) in [5.74, 6) is 0.406. The Balaban J connectivity index is 1.73. The minimum atomic E-state index is -0.446. The maximum Gasteiger partial charge on any atom is 0.142 e. The van der Waals surface area contributed by atoms with E-state index in [1.54, 1.807) is 0 Å². The smallest absolute Gasteiger partial charge is 0.142 e. The van der Waals surface area contributed by atoms with Crippen LogP contribution >= 0.6 is 0 Å². The SMILES string of the molecule is C1=C2[C@H](CCC1)[C@@]1(c3ccccc3)O[C@]2(c2ccccc2)c2ccccc21. The van der Waals surface area contributed by atoms with Gasteiger partial charge < -0.3 is 4.74 Å². The second-order valence-electron chi connectivity index (χ2n) is 7.94. The quantitative estimate of drug-likeness (QED) is 0.519. The van der Waals surface area contributed by atoms with Crippen molar-refractivity contribution in [3.63, 3.8) is 0 Å². The van der Waals surface area contributed by atoms with E-state index in [1.807, 2.05) is 0 Å². The van der Waals surface area contributed by atoms with Gasteiger partial charge in [-0.3, -0.25) is 0 Å². The van der Waals surface area contributed by atoms with Gasteiger partial charge in [0.05, 0.1) is 0 Å². The lowest BCUT2D eigenvalue weighted by atomic mass is 9.61. The molecule has 0 aromatic heterocycles. The van der Waals surface area contributed by atoms with Crippen molar-refractivity contribution in [3.8, 4) is 0 Å². The van der Waals surface area contributed by atoms with Gasteiger partial charge >= 0.3 is 0 Å². The van der Waals surface area contributed by atoms with Gasteiger partial charge in [0.25, 0.3) is 0 Å². The molecule has 0 saturated carbocycles. The molecule has 2 bridgehead atoms. The van der Waals surface area contributed by atoms with Crippen LogP contribution in [0.4, 0.5) is 0 Å². The van der Waals surface area contributed by atoms with E-state index in [0.29, 0.717) is 5.92 Å². The third-order valence-electron chi connectivity index (χ3n) is 6.74. The molecule has 132 valence electrons. The Kier molecular flexibility index (Phi) is 3.10. The average molecular weight is 350 g/mol. The molecular formula is C26H22O. The molecule has 0 amide bonds. The van der Waals surface area contributed by atoms with Gasteiger partial charge in [0, 0.05) is 5.92 Å². The van der Waals surface area contributed by atoms with Crippen LogP contribution in [0.3, 0.4) is 0 Å². The van der Waals surface area contributed by atoms with E-state index in [9.17, 15) is 0 Å². The highest BCUT2D eigenvalue weighted by Gasteiger charge is 2.68. The zero-order valence-corrected chi connectivity index (χ0v) is 15.3. The van der Waals surface area contributed by atoms with E-state index in [2.05, 4.69) is 91.0 Å². The first kappa shape index (κ1) is 15.4. The lowest BCUT2D eigenvalue weighted by Crippen LogP contribution is -2.36. The maximum absolute atomic E-state index is 7.27. The molecule has 2 aliphatic heterocycles. The molecule has 1 saturated heterocycles. The van der Waals surface area contributed by atoms with Gasteiger partial charge in [-0.1, -0.05) is 91.0 Å². The summed E-state index contributed by atoms with van der Waals surface area (Å²) in [5.41, 5.74) is 5.87. The summed E-state index contributed by atoms with van der Waals surface area (Å²) < 4.78 is 7.27. The van der Waals surface area contributed by atoms with Crippen LogP contribution in [0.25, 0.3) is 0 Å². The van der Waals surface area contributed by atoms with Crippen LogP contribution in [-0.2, 0) is 15.9 Å². The Bertz CT molecular complexity index is 1040. The van der Waals surface area contributed by atoms with Crippen LogP contribution in [0.2, 0.25) is 0 Å². The van der Waals surface area contributed by atoms with Crippen LogP contribution in [0, 0.1) is 5.92 Å². The van der Waals surface area contributed by atoms with Crippen LogP contribution < -0.4 is 0 Å². The molecule has 3 aliphatic rings. The number of benzene rings is 3. The van der Waals surface area contributed by atoms with Gasteiger partial charge in [0.2, 0.25) is 0 Å². The summed E-state index contributed by atoms with van der Waals surface area (Å²) in [4.78, 5) is 0. The zero-order valence-electron chi connectivity index (χ0n) is 15.3. The molecular weight excluding hydrogens is 328 g/mol. The van der Waals surface area contributed by atoms with E-state index in [-0.39, 0.29) is 5.60 Å². The second-order valence-corrected chi connectivity index (χ2v) is 7.94. The Labute approximate surface area is 160 Å². The Morgan fingerprint density at radius 1 is 0.704 bits per heavy atom. The van der Waals surface area contributed by atoms with E-state index >= 15 is 0 Å². The fourth-order valence-electron chi connectivity index (χ4n) is 5.78. The molecule has 0 radical (unpaired) electrons. The van der Waals surface area contributed by atoms with Gasteiger partial charge in [0.15, 0.2) is 0 Å². The number of fused-ring (bicyclic) bond motifs is 8. The third-order valence-corrected chi connectivity index (χ3v) is 6.74. The highest BCUT2D eigenvalue weighted by Crippen LogP contribution is 2.69. The van der Waals surface area contributed by atoms with Gasteiger partial charge in [-0.2, -0.15) is 0 Å². The van der Waals surface area contributed by atoms with Crippen molar-refractivity contribution in [2.75, 3.05) is 0 Å². The maximum atomic E-state index is 7.27. The number of allylic oxidation sites excluding steroid dienone is 1. The predicted octanol–water partition coefficient (Wildman–Crippen LogP) is 5.94. The fraction of sp³-hybridized carbons (Fsp3) is 0.231. The molecule has 2 heterocycles. The van der Waals surface area contributed by atoms with Gasteiger partial charge in [-0.15, -0.1) is 0 Å². The fourth-order valence-corrected chi connectivity index (χ4v) is 5.78. The lowest BCUT2D eigenvalue weighted by molar-refractivity contribution is -0.0481. The normalized spacial score (nSPS) is 30.5. The molecule has 0 unspecified atom stereocenters. The minimum absolute atomic E-state index is 0.375. The van der Waals surface area contributed by atoms with Gasteiger partial charge in [-0.25, -0.2) is 0 Å². The Morgan fingerprint density at radius 2 is 1.33 bits per heavy atom. The summed E-state index contributed by atoms with van der Waals surface area (Å²) in [6.45, 7) is 0. The molecule has 1 fully saturated rings. The molecule has 0 spiro atoms. The lowest BCUT2D eigenvalue weighted by Gasteiger charge is -2.39. The van der Waals surface area contributed by atoms with Crippen molar-refractivity contribution >= 4 is 0 Å². The summed E-state index contributed by atoms with van der Waals surface area (Å²) in [6.07, 6.45) is 6.04. The largest absolute Gasteiger partial charge is 0.345 e. The molecule has 1 aliphatic carbocycles. The topological polar surface area (TPSA) is 9.23 Å². The zero-order chi connectivity index (χ0) is 17.9. The summed E-state index contributed by atoms with van der Waals surface area (Å²) >= 11 is 0. The molecule has 1 nitrogen and oxygen atoms in total. The van der Waals surface area contributed by atoms with Crippen molar-refractivity contribution in [1.82, 2.24) is 0 Å². The predicted molar refractivity (Wildman–Crippen MR) is 107 cm³/mol. The van der Waals surface area contributed by atoms with Crippen molar-refractivity contribution < 1.29 is 4.74 Å². The van der Waals surface area contributed by atoms with Gasteiger partial charge in [-0.05, 0) is 47.1 Å². The van der Waals surface area contributed by atoms with E-state index in [0.717, 1.165) is 6.42 Å². The van der Waals surface area contributed by atoms with Crippen molar-refractivity contribution in [2.45, 2.75) is 30.5 Å². The molecule has 0 N–H and O–H groups in total. The highest BCUT2D eigenvalue weighted by molar-refractivity contribution is 5.64. The molecule has 3 aromatic carbocycles. The first-order valence-corrected chi connectivity index (χ1v) is 9.99. The van der Waals surface area contributed by atoms with Crippen LogP contribution in [0.1, 0.15) is 41.5 Å². The van der Waals surface area contributed by atoms with Crippen LogP contribution in [0.5, 0.6) is 0 Å². The monoisotopic (exact) mass is 350 g/mol. The highest BCUT2D eigenvalue weighted by atomic mass is 16.5. The Hall–Kier alpha value is -2.64. The standard InChI is InChI=1S/C26H22O/c1-3-11-19(12-4-1)25-21-15-7-9-17-23(21)26(27-25,20-13-5-2-6-14-20)24-18-10-8-16-22(24)25/h1-7,9,11-17,24H,8,10,18H2/t24-,25+,26-/m0/s1. The summed E-state index contributed by atoms with van der Waals surface area (Å²) in [5, 5.41) is 0. The molecule has 6 rings (SSSR count). The summed E-state index contributed by atoms with van der Waals surface area (Å²) in [6, 6.07) is 30.6. The number of rotatable bonds is 2. The van der Waals surface area contributed by atoms with Gasteiger partial charge in [0.1, 0.15) is 11.2 Å². The van der Waals surface area contributed by atoms with Crippen LogP contribution in [-0.4, -0.2) is 0 Å². The van der Waals surface area contributed by atoms with Crippen LogP contribution in [0.15, 0.2) is 96.6 Å². The van der Waals surface area contributed by atoms with E-state index < -0.39 is 5.60 Å². The molecule has 27 heavy (non-hydrogen) atoms. The molecule has 1 heteroatoms. The summed E-state index contributed by atoms with van der Waals surface area (Å²) in [7, 11) is 0.